The Morgan fingerprint density at radius 3 is 3.00 bits per heavy atom. The number of halogens is 1. The van der Waals surface area contributed by atoms with Gasteiger partial charge in [-0.15, -0.1) is 0 Å². The third kappa shape index (κ3) is 3.30. The van der Waals surface area contributed by atoms with E-state index in [1.165, 1.54) is 11.6 Å². The molecule has 1 heterocycles. The molecule has 0 saturated heterocycles. The van der Waals surface area contributed by atoms with Crippen molar-refractivity contribution in [3.63, 3.8) is 0 Å². The van der Waals surface area contributed by atoms with Gasteiger partial charge >= 0.3 is 0 Å². The maximum Gasteiger partial charge on any atom is 0.292 e. The number of nitrogens with one attached hydrogen (secondary N) is 2. The van der Waals surface area contributed by atoms with E-state index in [4.69, 9.17) is 0 Å². The molecule has 18 heavy (non-hydrogen) atoms. The predicted molar refractivity (Wildman–Crippen MR) is 74.9 cm³/mol. The van der Waals surface area contributed by atoms with Gasteiger partial charge in [0, 0.05) is 23.6 Å². The number of nitro benzene ring substituents is 1. The zero-order chi connectivity index (χ0) is 13.0. The predicted octanol–water partition coefficient (Wildman–Crippen LogP) is 2.69. The molecule has 0 fully saturated rings. The average Bonchev–Trinajstić information content (AvgIpc) is 2.37. The fourth-order valence-electron chi connectivity index (χ4n) is 1.85. The van der Waals surface area contributed by atoms with Crippen molar-refractivity contribution in [2.24, 2.45) is 0 Å². The largest absolute Gasteiger partial charge is 0.376 e. The number of anilines is 1. The molecule has 0 aromatic heterocycles. The third-order valence-electron chi connectivity index (χ3n) is 2.82. The minimum atomic E-state index is -0.369. The van der Waals surface area contributed by atoms with E-state index in [1.807, 2.05) is 0 Å². The summed E-state index contributed by atoms with van der Waals surface area (Å²) >= 11 is 3.32. The molecule has 0 unspecified atom stereocenters. The second kappa shape index (κ2) is 5.97. The summed E-state index contributed by atoms with van der Waals surface area (Å²) in [5, 5.41) is 17.3. The molecule has 0 radical (unpaired) electrons. The number of hydrogen-bond acceptors (Lipinski definition) is 4. The second-order valence-electron chi connectivity index (χ2n) is 4.09. The lowest BCUT2D eigenvalue weighted by molar-refractivity contribution is -0.384. The van der Waals surface area contributed by atoms with Crippen LogP contribution in [0.25, 0.3) is 0 Å². The Morgan fingerprint density at radius 2 is 2.33 bits per heavy atom. The Kier molecular flexibility index (Phi) is 4.33. The molecule has 5 nitrogen and oxygen atoms in total. The molecule has 0 amide bonds. The molecule has 6 heteroatoms. The number of rotatable bonds is 4. The molecule has 0 atom stereocenters. The number of nitrogens with zero attached hydrogens (tertiary/aromatic N) is 1. The van der Waals surface area contributed by atoms with Gasteiger partial charge in [0.25, 0.3) is 5.69 Å². The van der Waals surface area contributed by atoms with Crippen molar-refractivity contribution in [1.82, 2.24) is 5.32 Å². The Bertz CT molecular complexity index is 488. The SMILES string of the molecule is O=[N+]([O-])c1ccc(Br)cc1NCC1=CCNCC1. The van der Waals surface area contributed by atoms with Crippen LogP contribution in [-0.4, -0.2) is 24.6 Å². The van der Waals surface area contributed by atoms with Gasteiger partial charge in [0.15, 0.2) is 0 Å². The number of nitro groups is 1. The lowest BCUT2D eigenvalue weighted by Crippen LogP contribution is -2.23. The molecule has 96 valence electrons. The quantitative estimate of drug-likeness (QED) is 0.509. The minimum Gasteiger partial charge on any atom is -0.376 e. The van der Waals surface area contributed by atoms with Crippen molar-refractivity contribution in [2.45, 2.75) is 6.42 Å². The van der Waals surface area contributed by atoms with Crippen LogP contribution in [0.3, 0.4) is 0 Å². The van der Waals surface area contributed by atoms with Gasteiger partial charge in [0.1, 0.15) is 5.69 Å². The van der Waals surface area contributed by atoms with Crippen LogP contribution in [0.4, 0.5) is 11.4 Å². The van der Waals surface area contributed by atoms with E-state index in [2.05, 4.69) is 32.6 Å². The first-order valence-corrected chi connectivity index (χ1v) is 6.52. The summed E-state index contributed by atoms with van der Waals surface area (Å²) in [7, 11) is 0. The molecule has 1 aliphatic rings. The molecule has 2 rings (SSSR count). The summed E-state index contributed by atoms with van der Waals surface area (Å²) in [6.07, 6.45) is 3.11. The highest BCUT2D eigenvalue weighted by molar-refractivity contribution is 9.10. The Hall–Kier alpha value is -1.40. The topological polar surface area (TPSA) is 67.2 Å². The fourth-order valence-corrected chi connectivity index (χ4v) is 2.21. The monoisotopic (exact) mass is 311 g/mol. The first-order chi connectivity index (χ1) is 8.66. The Balaban J connectivity index is 2.10. The van der Waals surface area contributed by atoms with Gasteiger partial charge in [-0.2, -0.15) is 0 Å². The standard InChI is InChI=1S/C12H14BrN3O2/c13-10-1-2-12(16(17)18)11(7-10)15-8-9-3-5-14-6-4-9/h1-3,7,14-15H,4-6,8H2. The molecule has 0 aliphatic carbocycles. The zero-order valence-corrected chi connectivity index (χ0v) is 11.4. The molecule has 1 aromatic rings. The van der Waals surface area contributed by atoms with E-state index in [0.29, 0.717) is 12.2 Å². The summed E-state index contributed by atoms with van der Waals surface area (Å²) in [6.45, 7) is 2.49. The molecule has 0 bridgehead atoms. The summed E-state index contributed by atoms with van der Waals surface area (Å²) in [6, 6.07) is 4.91. The van der Waals surface area contributed by atoms with Crippen LogP contribution < -0.4 is 10.6 Å². The third-order valence-corrected chi connectivity index (χ3v) is 3.31. The Labute approximate surface area is 114 Å². The van der Waals surface area contributed by atoms with Crippen molar-refractivity contribution in [2.75, 3.05) is 25.0 Å². The lowest BCUT2D eigenvalue weighted by atomic mass is 10.1. The first-order valence-electron chi connectivity index (χ1n) is 5.73. The molecule has 0 saturated carbocycles. The number of hydrogen-bond donors (Lipinski definition) is 2. The maximum atomic E-state index is 10.9. The van der Waals surface area contributed by atoms with Gasteiger partial charge in [-0.3, -0.25) is 10.1 Å². The van der Waals surface area contributed by atoms with Crippen LogP contribution in [0.5, 0.6) is 0 Å². The smallest absolute Gasteiger partial charge is 0.292 e. The molecule has 2 N–H and O–H groups in total. The molecular formula is C12H14BrN3O2. The van der Waals surface area contributed by atoms with Crippen LogP contribution in [0.2, 0.25) is 0 Å². The normalized spacial score (nSPS) is 15.1. The van der Waals surface area contributed by atoms with Crippen molar-refractivity contribution in [3.8, 4) is 0 Å². The van der Waals surface area contributed by atoms with E-state index < -0.39 is 0 Å². The van der Waals surface area contributed by atoms with Crippen molar-refractivity contribution in [1.29, 1.82) is 0 Å². The highest BCUT2D eigenvalue weighted by Gasteiger charge is 2.14. The van der Waals surface area contributed by atoms with Crippen molar-refractivity contribution in [3.05, 3.63) is 44.4 Å². The van der Waals surface area contributed by atoms with Gasteiger partial charge in [-0.25, -0.2) is 0 Å². The zero-order valence-electron chi connectivity index (χ0n) is 9.78. The lowest BCUT2D eigenvalue weighted by Gasteiger charge is -2.15. The molecular weight excluding hydrogens is 298 g/mol. The summed E-state index contributed by atoms with van der Waals surface area (Å²) in [5.74, 6) is 0. The van der Waals surface area contributed by atoms with Crippen molar-refractivity contribution < 1.29 is 4.92 Å². The highest BCUT2D eigenvalue weighted by Crippen LogP contribution is 2.28. The van der Waals surface area contributed by atoms with E-state index in [9.17, 15) is 10.1 Å². The highest BCUT2D eigenvalue weighted by atomic mass is 79.9. The number of benzene rings is 1. The van der Waals surface area contributed by atoms with Crippen LogP contribution in [0.1, 0.15) is 6.42 Å². The second-order valence-corrected chi connectivity index (χ2v) is 5.00. The molecule has 0 spiro atoms. The fraction of sp³-hybridized carbons (Fsp3) is 0.333. The minimum absolute atomic E-state index is 0.104. The van der Waals surface area contributed by atoms with Crippen LogP contribution >= 0.6 is 15.9 Å². The summed E-state index contributed by atoms with van der Waals surface area (Å²) in [4.78, 5) is 10.5. The molecule has 1 aliphatic heterocycles. The van der Waals surface area contributed by atoms with Gasteiger partial charge in [-0.05, 0) is 25.1 Å². The van der Waals surface area contributed by atoms with Crippen LogP contribution in [-0.2, 0) is 0 Å². The van der Waals surface area contributed by atoms with E-state index in [0.717, 1.165) is 24.0 Å². The average molecular weight is 312 g/mol. The van der Waals surface area contributed by atoms with E-state index in [-0.39, 0.29) is 10.6 Å². The Morgan fingerprint density at radius 1 is 1.50 bits per heavy atom. The van der Waals surface area contributed by atoms with Gasteiger partial charge in [-0.1, -0.05) is 27.6 Å². The maximum absolute atomic E-state index is 10.9. The van der Waals surface area contributed by atoms with Gasteiger partial charge < -0.3 is 10.6 Å². The van der Waals surface area contributed by atoms with E-state index in [1.54, 1.807) is 12.1 Å². The molecule has 1 aromatic carbocycles. The van der Waals surface area contributed by atoms with Crippen LogP contribution in [0.15, 0.2) is 34.3 Å². The van der Waals surface area contributed by atoms with Crippen LogP contribution in [0, 0.1) is 10.1 Å². The van der Waals surface area contributed by atoms with Gasteiger partial charge in [0.05, 0.1) is 4.92 Å². The first kappa shape index (κ1) is 13.0. The summed E-state index contributed by atoms with van der Waals surface area (Å²) in [5.41, 5.74) is 1.93. The summed E-state index contributed by atoms with van der Waals surface area (Å²) < 4.78 is 0.829. The van der Waals surface area contributed by atoms with Gasteiger partial charge in [0.2, 0.25) is 0 Å². The van der Waals surface area contributed by atoms with E-state index >= 15 is 0 Å². The van der Waals surface area contributed by atoms with Crippen molar-refractivity contribution >= 4 is 27.3 Å².